The van der Waals surface area contributed by atoms with E-state index in [9.17, 15) is 9.59 Å². The first kappa shape index (κ1) is 20.5. The van der Waals surface area contributed by atoms with Crippen LogP contribution in [0.3, 0.4) is 0 Å². The summed E-state index contributed by atoms with van der Waals surface area (Å²) in [5, 5.41) is 12.4. The maximum atomic E-state index is 11.0. The fraction of sp³-hybridized carbons (Fsp3) is 0.733. The van der Waals surface area contributed by atoms with Gasteiger partial charge in [-0.15, -0.1) is 0 Å². The number of carbonyl (C=O) groups excluding carboxylic acids is 1. The van der Waals surface area contributed by atoms with Crippen LogP contribution in [0.2, 0.25) is 0 Å². The molecule has 0 aromatic carbocycles. The number of carboxylic acid groups (broad SMARTS) is 1. The third-order valence-electron chi connectivity index (χ3n) is 4.30. The third kappa shape index (κ3) is 6.83. The molecule has 1 heterocycles. The van der Waals surface area contributed by atoms with Gasteiger partial charge in [0.1, 0.15) is 5.91 Å². The van der Waals surface area contributed by atoms with Crippen LogP contribution >= 0.6 is 0 Å². The Morgan fingerprint density at radius 3 is 2.57 bits per heavy atom. The molecule has 1 aromatic rings. The van der Waals surface area contributed by atoms with Crippen LogP contribution in [-0.4, -0.2) is 27.1 Å². The van der Waals surface area contributed by atoms with Gasteiger partial charge in [0.25, 0.3) is 0 Å². The van der Waals surface area contributed by atoms with Crippen LogP contribution in [0.4, 0.5) is 0 Å². The van der Waals surface area contributed by atoms with Crippen LogP contribution in [0.25, 0.3) is 5.73 Å². The molecule has 1 saturated carbocycles. The third-order valence-corrected chi connectivity index (χ3v) is 4.30. The van der Waals surface area contributed by atoms with Crippen LogP contribution in [0.1, 0.15) is 80.2 Å². The van der Waals surface area contributed by atoms with E-state index in [1.165, 1.54) is 32.1 Å². The molecule has 1 aliphatic carbocycles. The maximum Gasteiger partial charge on any atom is 3.00 e. The van der Waals surface area contributed by atoms with Crippen LogP contribution < -0.4 is 0 Å². The second-order valence-electron chi connectivity index (χ2n) is 6.02. The van der Waals surface area contributed by atoms with E-state index in [4.69, 9.17) is 15.4 Å². The van der Waals surface area contributed by atoms with Crippen molar-refractivity contribution in [1.82, 2.24) is 10.1 Å². The molecule has 0 spiro atoms. The van der Waals surface area contributed by atoms with Gasteiger partial charge in [-0.1, -0.05) is 50.1 Å². The summed E-state index contributed by atoms with van der Waals surface area (Å²) in [4.78, 5) is 25.7. The van der Waals surface area contributed by atoms with Gasteiger partial charge in [0.05, 0.1) is 6.42 Å². The van der Waals surface area contributed by atoms with Gasteiger partial charge in [-0.3, -0.25) is 4.79 Å². The first-order chi connectivity index (χ1) is 10.6. The molecule has 23 heavy (non-hydrogen) atoms. The van der Waals surface area contributed by atoms with Gasteiger partial charge in [-0.25, -0.2) is 0 Å². The molecule has 0 radical (unpaired) electrons. The first-order valence-electron chi connectivity index (χ1n) is 7.87. The van der Waals surface area contributed by atoms with E-state index in [-0.39, 0.29) is 65.3 Å². The Balaban J connectivity index is 0.00000264. The van der Waals surface area contributed by atoms with E-state index in [0.29, 0.717) is 6.42 Å². The van der Waals surface area contributed by atoms with Gasteiger partial charge >= 0.3 is 47.3 Å². The summed E-state index contributed by atoms with van der Waals surface area (Å²) in [6.07, 6.45) is 9.00. The molecule has 122 valence electrons. The molecule has 8 heteroatoms. The number of aliphatic carboxylic acids is 1. The molecule has 7 nitrogen and oxygen atoms in total. The minimum absolute atomic E-state index is 0. The number of nitrogens with one attached hydrogen (secondary N) is 1. The molecule has 0 bridgehead atoms. The van der Waals surface area contributed by atoms with E-state index in [2.05, 4.69) is 10.1 Å². The normalized spacial score (nSPS) is 16.5. The Morgan fingerprint density at radius 2 is 2.00 bits per heavy atom. The molecule has 1 atom stereocenters. The van der Waals surface area contributed by atoms with Crippen LogP contribution in [0.5, 0.6) is 0 Å². The Hall–Kier alpha value is -0.556. The van der Waals surface area contributed by atoms with E-state index < -0.39 is 11.9 Å². The van der Waals surface area contributed by atoms with Crippen molar-refractivity contribution in [2.75, 3.05) is 0 Å². The van der Waals surface area contributed by atoms with Gasteiger partial charge in [-0.2, -0.15) is 4.98 Å². The molecular formula is C15H22N3O4Pr+2. The number of carbonyl (C=O) groups is 2. The molecule has 1 aliphatic rings. The SMILES string of the molecule is [NH-]C(=O)c1noc(C(CCCC2CCCCC2)CC(=O)O)n1.[Pr+3]. The molecule has 1 amide bonds. The second kappa shape index (κ2) is 10.3. The Labute approximate surface area is 168 Å². The molecule has 1 unspecified atom stereocenters. The van der Waals surface area contributed by atoms with E-state index in [1.807, 2.05) is 0 Å². The largest absolute Gasteiger partial charge is 3.00 e. The first-order valence-corrected chi connectivity index (χ1v) is 7.87. The van der Waals surface area contributed by atoms with E-state index in [1.54, 1.807) is 0 Å². The van der Waals surface area contributed by atoms with Crippen molar-refractivity contribution in [2.45, 2.75) is 63.7 Å². The topological polar surface area (TPSA) is 117 Å². The van der Waals surface area contributed by atoms with Crippen molar-refractivity contribution in [1.29, 1.82) is 0 Å². The summed E-state index contributed by atoms with van der Waals surface area (Å²) in [5.41, 5.74) is 6.95. The smallest absolute Gasteiger partial charge is 0.661 e. The standard InChI is InChI=1S/C15H23N3O4.Pr/c16-13(21)14-17-15(22-18-14)11(9-12(19)20)8-4-7-10-5-2-1-3-6-10;/h10-11H,1-9H2,(H3,16,19,20,21);/q;+3/p-1. The predicted octanol–water partition coefficient (Wildman–Crippen LogP) is 3.57. The molecule has 1 aromatic heterocycles. The Bertz CT molecular complexity index is 515. The van der Waals surface area contributed by atoms with Gasteiger partial charge < -0.3 is 20.2 Å². The molecule has 0 aliphatic heterocycles. The number of nitrogens with zero attached hydrogens (tertiary/aromatic N) is 2. The van der Waals surface area contributed by atoms with Gasteiger partial charge in [0, 0.05) is 5.92 Å². The summed E-state index contributed by atoms with van der Waals surface area (Å²) in [7, 11) is 0. The van der Waals surface area contributed by atoms with Crippen molar-refractivity contribution in [3.8, 4) is 0 Å². The monoisotopic (exact) mass is 449 g/mol. The zero-order valence-corrected chi connectivity index (χ0v) is 16.9. The number of hydrogen-bond donors (Lipinski definition) is 1. The van der Waals surface area contributed by atoms with Crippen molar-refractivity contribution >= 4 is 11.9 Å². The van der Waals surface area contributed by atoms with Gasteiger partial charge in [0.2, 0.25) is 11.7 Å². The zero-order valence-electron chi connectivity index (χ0n) is 13.2. The molecule has 2 N–H and O–H groups in total. The minimum Gasteiger partial charge on any atom is -0.661 e. The van der Waals surface area contributed by atoms with E-state index >= 15 is 0 Å². The van der Waals surface area contributed by atoms with Crippen molar-refractivity contribution in [3.05, 3.63) is 17.4 Å². The molecule has 0 saturated heterocycles. The average molecular weight is 449 g/mol. The molecule has 1 fully saturated rings. The van der Waals surface area contributed by atoms with Crippen LogP contribution in [-0.2, 0) is 4.79 Å². The fourth-order valence-corrected chi connectivity index (χ4v) is 3.15. The Kier molecular flexibility index (Phi) is 9.21. The number of aromatic nitrogens is 2. The number of amides is 1. The molecular weight excluding hydrogens is 427 g/mol. The minimum atomic E-state index is -1.02. The predicted molar refractivity (Wildman–Crippen MR) is 78.4 cm³/mol. The maximum absolute atomic E-state index is 11.0. The fourth-order valence-electron chi connectivity index (χ4n) is 3.15. The summed E-state index contributed by atoms with van der Waals surface area (Å²) >= 11 is 0. The van der Waals surface area contributed by atoms with Crippen molar-refractivity contribution in [2.24, 2.45) is 5.92 Å². The van der Waals surface area contributed by atoms with Gasteiger partial charge in [0.15, 0.2) is 0 Å². The number of hydrogen-bond acceptors (Lipinski definition) is 5. The quantitative estimate of drug-likeness (QED) is 0.649. The van der Waals surface area contributed by atoms with Gasteiger partial charge in [-0.05, 0) is 12.3 Å². The number of carboxylic acids is 1. The van der Waals surface area contributed by atoms with Crippen molar-refractivity contribution < 1.29 is 60.5 Å². The Morgan fingerprint density at radius 1 is 1.30 bits per heavy atom. The van der Waals surface area contributed by atoms with Crippen LogP contribution in [0, 0.1) is 47.2 Å². The van der Waals surface area contributed by atoms with Crippen LogP contribution in [0.15, 0.2) is 4.52 Å². The summed E-state index contributed by atoms with van der Waals surface area (Å²) < 4.78 is 4.97. The van der Waals surface area contributed by atoms with Crippen molar-refractivity contribution in [3.63, 3.8) is 0 Å². The zero-order chi connectivity index (χ0) is 15.9. The second-order valence-corrected chi connectivity index (χ2v) is 6.02. The summed E-state index contributed by atoms with van der Waals surface area (Å²) in [6, 6.07) is 0. The average Bonchev–Trinajstić information content (AvgIpc) is 2.97. The number of rotatable bonds is 8. The summed E-state index contributed by atoms with van der Waals surface area (Å²) in [5.74, 6) is -1.75. The summed E-state index contributed by atoms with van der Waals surface area (Å²) in [6.45, 7) is 0. The van der Waals surface area contributed by atoms with E-state index in [0.717, 1.165) is 18.8 Å². The molecule has 2 rings (SSSR count).